The van der Waals surface area contributed by atoms with E-state index in [9.17, 15) is 5.26 Å². The Morgan fingerprint density at radius 1 is 1.10 bits per heavy atom. The van der Waals surface area contributed by atoms with Gasteiger partial charge >= 0.3 is 0 Å². The fourth-order valence-corrected chi connectivity index (χ4v) is 2.23. The molecule has 0 heterocycles. The summed E-state index contributed by atoms with van der Waals surface area (Å²) in [6, 6.07) is 19.0. The molecule has 1 atom stereocenters. The van der Waals surface area contributed by atoms with E-state index in [1.165, 1.54) is 16.8 Å². The van der Waals surface area contributed by atoms with Crippen molar-refractivity contribution in [2.24, 2.45) is 0 Å². The molecule has 0 bridgehead atoms. The van der Waals surface area contributed by atoms with Crippen molar-refractivity contribution in [3.63, 3.8) is 0 Å². The maximum absolute atomic E-state index is 9.43. The average Bonchev–Trinajstić information content (AvgIpc) is 2.46. The molecule has 0 fully saturated rings. The van der Waals surface area contributed by atoms with Crippen LogP contribution in [0.25, 0.3) is 0 Å². The Kier molecular flexibility index (Phi) is 4.42. The minimum Gasteiger partial charge on any atom is -0.378 e. The Morgan fingerprint density at radius 2 is 1.80 bits per heavy atom. The molecule has 0 N–H and O–H groups in total. The van der Waals surface area contributed by atoms with Crippen LogP contribution in [0.2, 0.25) is 0 Å². The minimum absolute atomic E-state index is 0.0898. The van der Waals surface area contributed by atoms with Gasteiger partial charge in [-0.2, -0.15) is 5.26 Å². The molecule has 0 aromatic heterocycles. The maximum Gasteiger partial charge on any atom is 0.0753 e. The van der Waals surface area contributed by atoms with Crippen molar-refractivity contribution >= 4 is 5.69 Å². The quantitative estimate of drug-likeness (QED) is 0.837. The zero-order valence-electron chi connectivity index (χ0n) is 12.3. The highest BCUT2D eigenvalue weighted by Crippen LogP contribution is 2.23. The Morgan fingerprint density at radius 3 is 2.40 bits per heavy atom. The molecule has 2 rings (SSSR count). The van der Waals surface area contributed by atoms with E-state index in [1.54, 1.807) is 0 Å². The molecule has 2 heteroatoms. The number of nitrogens with zero attached hydrogens (tertiary/aromatic N) is 2. The smallest absolute Gasteiger partial charge is 0.0753 e. The number of hydrogen-bond acceptors (Lipinski definition) is 2. The summed E-state index contributed by atoms with van der Waals surface area (Å²) in [6.45, 7) is 2.06. The van der Waals surface area contributed by atoms with Crippen molar-refractivity contribution in [3.8, 4) is 6.07 Å². The molecule has 0 saturated heterocycles. The van der Waals surface area contributed by atoms with Crippen LogP contribution >= 0.6 is 0 Å². The van der Waals surface area contributed by atoms with Crippen molar-refractivity contribution < 1.29 is 0 Å². The molecule has 1 unspecified atom stereocenters. The van der Waals surface area contributed by atoms with Gasteiger partial charge in [-0.25, -0.2) is 0 Å². The monoisotopic (exact) mass is 264 g/mol. The molecule has 2 aromatic carbocycles. The van der Waals surface area contributed by atoms with E-state index in [0.717, 1.165) is 12.0 Å². The predicted molar refractivity (Wildman–Crippen MR) is 84.0 cm³/mol. The lowest BCUT2D eigenvalue weighted by Crippen LogP contribution is -2.09. The summed E-state index contributed by atoms with van der Waals surface area (Å²) in [6.07, 6.45) is 0.751. The zero-order chi connectivity index (χ0) is 14.5. The fourth-order valence-electron chi connectivity index (χ4n) is 2.23. The van der Waals surface area contributed by atoms with Crippen LogP contribution in [-0.4, -0.2) is 14.1 Å². The summed E-state index contributed by atoms with van der Waals surface area (Å²) in [5.41, 5.74) is 4.68. The molecule has 102 valence electrons. The van der Waals surface area contributed by atoms with Gasteiger partial charge in [0, 0.05) is 19.8 Å². The lowest BCUT2D eigenvalue weighted by atomic mass is 9.92. The molecule has 0 spiro atoms. The van der Waals surface area contributed by atoms with E-state index in [4.69, 9.17) is 0 Å². The van der Waals surface area contributed by atoms with Gasteiger partial charge in [-0.15, -0.1) is 0 Å². The van der Waals surface area contributed by atoms with Crippen LogP contribution in [0.3, 0.4) is 0 Å². The van der Waals surface area contributed by atoms with Crippen molar-refractivity contribution in [1.82, 2.24) is 0 Å². The first-order valence-corrected chi connectivity index (χ1v) is 6.82. The standard InChI is InChI=1S/C18H20N2/c1-14-7-9-16(10-8-14)17(13-19)11-15-5-4-6-18(12-15)20(2)3/h4-10,12,17H,11H2,1-3H3. The van der Waals surface area contributed by atoms with Gasteiger partial charge < -0.3 is 4.90 Å². The molecule has 0 aliphatic carbocycles. The molecular weight excluding hydrogens is 244 g/mol. The van der Waals surface area contributed by atoms with Crippen LogP contribution in [0.4, 0.5) is 5.69 Å². The normalized spacial score (nSPS) is 11.7. The van der Waals surface area contributed by atoms with Gasteiger partial charge in [-0.3, -0.25) is 0 Å². The van der Waals surface area contributed by atoms with Crippen LogP contribution in [-0.2, 0) is 6.42 Å². The number of benzene rings is 2. The Labute approximate surface area is 121 Å². The van der Waals surface area contributed by atoms with Crippen molar-refractivity contribution in [2.45, 2.75) is 19.3 Å². The van der Waals surface area contributed by atoms with Crippen molar-refractivity contribution in [1.29, 1.82) is 5.26 Å². The Hall–Kier alpha value is -2.27. The first kappa shape index (κ1) is 14.1. The number of anilines is 1. The van der Waals surface area contributed by atoms with Crippen molar-refractivity contribution in [3.05, 3.63) is 65.2 Å². The molecular formula is C18H20N2. The molecule has 0 radical (unpaired) electrons. The Balaban J connectivity index is 2.20. The van der Waals surface area contributed by atoms with E-state index >= 15 is 0 Å². The predicted octanol–water partition coefficient (Wildman–Crippen LogP) is 3.91. The molecule has 0 amide bonds. The van der Waals surface area contributed by atoms with Crippen LogP contribution < -0.4 is 4.90 Å². The Bertz CT molecular complexity index is 606. The van der Waals surface area contributed by atoms with Crippen LogP contribution in [0.1, 0.15) is 22.6 Å². The summed E-state index contributed by atoms with van der Waals surface area (Å²) < 4.78 is 0. The second-order valence-corrected chi connectivity index (χ2v) is 5.36. The first-order chi connectivity index (χ1) is 9.60. The fraction of sp³-hybridized carbons (Fsp3) is 0.278. The molecule has 2 nitrogen and oxygen atoms in total. The van der Waals surface area contributed by atoms with Crippen LogP contribution in [0.5, 0.6) is 0 Å². The minimum atomic E-state index is -0.0898. The number of hydrogen-bond donors (Lipinski definition) is 0. The first-order valence-electron chi connectivity index (χ1n) is 6.82. The van der Waals surface area contributed by atoms with Gasteiger partial charge in [0.2, 0.25) is 0 Å². The number of aryl methyl sites for hydroxylation is 1. The largest absolute Gasteiger partial charge is 0.378 e. The molecule has 20 heavy (non-hydrogen) atoms. The maximum atomic E-state index is 9.43. The summed E-state index contributed by atoms with van der Waals surface area (Å²) in [5.74, 6) is -0.0898. The molecule has 0 aliphatic heterocycles. The van der Waals surface area contributed by atoms with Gasteiger partial charge in [0.25, 0.3) is 0 Å². The lowest BCUT2D eigenvalue weighted by Gasteiger charge is -2.15. The second kappa shape index (κ2) is 6.25. The van der Waals surface area contributed by atoms with Gasteiger partial charge in [0.05, 0.1) is 12.0 Å². The van der Waals surface area contributed by atoms with E-state index in [-0.39, 0.29) is 5.92 Å². The zero-order valence-corrected chi connectivity index (χ0v) is 12.3. The highest BCUT2D eigenvalue weighted by atomic mass is 15.1. The van der Waals surface area contributed by atoms with Gasteiger partial charge in [-0.1, -0.05) is 42.0 Å². The third-order valence-corrected chi connectivity index (χ3v) is 3.50. The third-order valence-electron chi connectivity index (χ3n) is 3.50. The van der Waals surface area contributed by atoms with Gasteiger partial charge in [0.1, 0.15) is 0 Å². The summed E-state index contributed by atoms with van der Waals surface area (Å²) >= 11 is 0. The highest BCUT2D eigenvalue weighted by molar-refractivity contribution is 5.47. The number of nitriles is 1. The van der Waals surface area contributed by atoms with E-state index in [1.807, 2.05) is 20.2 Å². The molecule has 0 aliphatic rings. The second-order valence-electron chi connectivity index (χ2n) is 5.36. The van der Waals surface area contributed by atoms with Gasteiger partial charge in [0.15, 0.2) is 0 Å². The SMILES string of the molecule is Cc1ccc(C(C#N)Cc2cccc(N(C)C)c2)cc1. The molecule has 2 aromatic rings. The van der Waals surface area contributed by atoms with E-state index in [2.05, 4.69) is 60.4 Å². The third kappa shape index (κ3) is 3.39. The van der Waals surface area contributed by atoms with E-state index in [0.29, 0.717) is 0 Å². The average molecular weight is 264 g/mol. The highest BCUT2D eigenvalue weighted by Gasteiger charge is 2.11. The van der Waals surface area contributed by atoms with Crippen LogP contribution in [0.15, 0.2) is 48.5 Å². The van der Waals surface area contributed by atoms with E-state index < -0.39 is 0 Å². The summed E-state index contributed by atoms with van der Waals surface area (Å²) in [4.78, 5) is 2.08. The molecule has 0 saturated carbocycles. The number of rotatable bonds is 4. The van der Waals surface area contributed by atoms with Crippen LogP contribution in [0, 0.1) is 18.3 Å². The topological polar surface area (TPSA) is 27.0 Å². The van der Waals surface area contributed by atoms with Crippen molar-refractivity contribution in [2.75, 3.05) is 19.0 Å². The summed E-state index contributed by atoms with van der Waals surface area (Å²) in [5, 5.41) is 9.43. The lowest BCUT2D eigenvalue weighted by molar-refractivity contribution is 0.848. The van der Waals surface area contributed by atoms with Gasteiger partial charge in [-0.05, 0) is 36.6 Å². The summed E-state index contributed by atoms with van der Waals surface area (Å²) in [7, 11) is 4.06.